The maximum absolute atomic E-state index is 12.4. The van der Waals surface area contributed by atoms with E-state index in [0.29, 0.717) is 23.0 Å². The molecule has 2 aromatic carbocycles. The molecule has 0 radical (unpaired) electrons. The highest BCUT2D eigenvalue weighted by atomic mass is 35.5. The number of rotatable bonds is 4. The molecule has 0 saturated carbocycles. The van der Waals surface area contributed by atoms with Gasteiger partial charge < -0.3 is 9.32 Å². The summed E-state index contributed by atoms with van der Waals surface area (Å²) >= 11 is 6.02. The number of nitrogens with zero attached hydrogens (tertiary/aromatic N) is 3. The van der Waals surface area contributed by atoms with Crippen LogP contribution in [-0.2, 0) is 4.79 Å². The van der Waals surface area contributed by atoms with Crippen LogP contribution < -0.4 is 10.2 Å². The van der Waals surface area contributed by atoms with E-state index < -0.39 is 5.91 Å². The van der Waals surface area contributed by atoms with Gasteiger partial charge in [0.2, 0.25) is 11.8 Å². The Labute approximate surface area is 166 Å². The van der Waals surface area contributed by atoms with E-state index in [2.05, 4.69) is 15.5 Å². The van der Waals surface area contributed by atoms with Crippen LogP contribution in [0.25, 0.3) is 0 Å². The van der Waals surface area contributed by atoms with Crippen LogP contribution in [0.1, 0.15) is 34.2 Å². The number of carbonyl (C=O) groups is 2. The first kappa shape index (κ1) is 18.2. The van der Waals surface area contributed by atoms with Gasteiger partial charge in [-0.05, 0) is 31.2 Å². The summed E-state index contributed by atoms with van der Waals surface area (Å²) in [7, 11) is 0. The average molecular weight is 397 g/mol. The first-order chi connectivity index (χ1) is 13.5. The van der Waals surface area contributed by atoms with Crippen molar-refractivity contribution in [2.45, 2.75) is 19.3 Å². The SMILES string of the molecule is Cc1ccc(N2C[C@H](c3nnc(NC(=O)c4ccccc4Cl)o3)CC2=O)cc1. The fourth-order valence-corrected chi connectivity index (χ4v) is 3.33. The van der Waals surface area contributed by atoms with E-state index in [1.807, 2.05) is 31.2 Å². The van der Waals surface area contributed by atoms with Gasteiger partial charge in [0, 0.05) is 18.7 Å². The molecular formula is C20H17ClN4O3. The highest BCUT2D eigenvalue weighted by Gasteiger charge is 2.35. The predicted octanol–water partition coefficient (Wildman–Crippen LogP) is 3.80. The number of nitrogens with one attached hydrogen (secondary N) is 1. The standard InChI is InChI=1S/C20H17ClN4O3/c1-12-6-8-14(9-7-12)25-11-13(10-17(25)26)19-23-24-20(28-19)22-18(27)15-4-2-3-5-16(15)21/h2-9,13H,10-11H2,1H3,(H,22,24,27)/t13-/m1/s1. The van der Waals surface area contributed by atoms with Crippen molar-refractivity contribution >= 4 is 35.1 Å². The fraction of sp³-hybridized carbons (Fsp3) is 0.200. The third-order valence-corrected chi connectivity index (χ3v) is 4.93. The van der Waals surface area contributed by atoms with Gasteiger partial charge in [-0.3, -0.25) is 14.9 Å². The zero-order valence-corrected chi connectivity index (χ0v) is 15.8. The van der Waals surface area contributed by atoms with Gasteiger partial charge in [0.05, 0.1) is 16.5 Å². The number of halogens is 1. The van der Waals surface area contributed by atoms with Crippen molar-refractivity contribution in [3.05, 3.63) is 70.6 Å². The molecule has 8 heteroatoms. The van der Waals surface area contributed by atoms with Crippen LogP contribution in [0.15, 0.2) is 52.9 Å². The summed E-state index contributed by atoms with van der Waals surface area (Å²) in [6.45, 7) is 2.44. The zero-order valence-electron chi connectivity index (χ0n) is 15.1. The second-order valence-corrected chi connectivity index (χ2v) is 7.03. The van der Waals surface area contributed by atoms with Crippen molar-refractivity contribution in [1.82, 2.24) is 10.2 Å². The maximum atomic E-state index is 12.4. The number of aryl methyl sites for hydroxylation is 1. The molecule has 28 heavy (non-hydrogen) atoms. The number of hydrogen-bond donors (Lipinski definition) is 1. The molecular weight excluding hydrogens is 380 g/mol. The van der Waals surface area contributed by atoms with Gasteiger partial charge in [0.1, 0.15) is 0 Å². The summed E-state index contributed by atoms with van der Waals surface area (Å²) in [5, 5.41) is 10.7. The Morgan fingerprint density at radius 2 is 1.93 bits per heavy atom. The van der Waals surface area contributed by atoms with Gasteiger partial charge in [0.25, 0.3) is 5.91 Å². The van der Waals surface area contributed by atoms with Crippen molar-refractivity contribution < 1.29 is 14.0 Å². The van der Waals surface area contributed by atoms with Crippen LogP contribution in [0.4, 0.5) is 11.7 Å². The molecule has 7 nitrogen and oxygen atoms in total. The van der Waals surface area contributed by atoms with Gasteiger partial charge >= 0.3 is 6.01 Å². The number of carbonyl (C=O) groups excluding carboxylic acids is 2. The van der Waals surface area contributed by atoms with Gasteiger partial charge in [-0.2, -0.15) is 0 Å². The first-order valence-electron chi connectivity index (χ1n) is 8.77. The molecule has 2 heterocycles. The van der Waals surface area contributed by atoms with E-state index >= 15 is 0 Å². The molecule has 1 aliphatic heterocycles. The average Bonchev–Trinajstić information content (AvgIpc) is 3.29. The third-order valence-electron chi connectivity index (χ3n) is 4.60. The summed E-state index contributed by atoms with van der Waals surface area (Å²) in [4.78, 5) is 26.4. The lowest BCUT2D eigenvalue weighted by Crippen LogP contribution is -2.24. The third kappa shape index (κ3) is 3.61. The van der Waals surface area contributed by atoms with Crippen molar-refractivity contribution in [3.63, 3.8) is 0 Å². The molecule has 0 unspecified atom stereocenters. The Hall–Kier alpha value is -3.19. The van der Waals surface area contributed by atoms with Crippen molar-refractivity contribution in [2.75, 3.05) is 16.8 Å². The lowest BCUT2D eigenvalue weighted by molar-refractivity contribution is -0.117. The lowest BCUT2D eigenvalue weighted by atomic mass is 10.1. The Morgan fingerprint density at radius 3 is 2.68 bits per heavy atom. The molecule has 1 aromatic heterocycles. The number of amides is 2. The van der Waals surface area contributed by atoms with Crippen molar-refractivity contribution in [3.8, 4) is 0 Å². The Bertz CT molecular complexity index is 1030. The molecule has 3 aromatic rings. The largest absolute Gasteiger partial charge is 0.407 e. The molecule has 142 valence electrons. The summed E-state index contributed by atoms with van der Waals surface area (Å²) in [6.07, 6.45) is 0.272. The molecule has 1 saturated heterocycles. The van der Waals surface area contributed by atoms with Crippen LogP contribution in [0.2, 0.25) is 5.02 Å². The number of aromatic nitrogens is 2. The quantitative estimate of drug-likeness (QED) is 0.724. The minimum atomic E-state index is -0.440. The molecule has 1 aliphatic rings. The summed E-state index contributed by atoms with van der Waals surface area (Å²) in [6, 6.07) is 14.4. The Morgan fingerprint density at radius 1 is 1.18 bits per heavy atom. The molecule has 1 fully saturated rings. The Balaban J connectivity index is 1.46. The second-order valence-electron chi connectivity index (χ2n) is 6.62. The van der Waals surface area contributed by atoms with Crippen molar-refractivity contribution in [2.24, 2.45) is 0 Å². The van der Waals surface area contributed by atoms with Crippen LogP contribution in [0, 0.1) is 6.92 Å². The van der Waals surface area contributed by atoms with Gasteiger partial charge in [-0.1, -0.05) is 46.5 Å². The maximum Gasteiger partial charge on any atom is 0.322 e. The molecule has 2 amide bonds. The minimum Gasteiger partial charge on any atom is -0.407 e. The number of hydrogen-bond acceptors (Lipinski definition) is 5. The molecule has 0 spiro atoms. The van der Waals surface area contributed by atoms with E-state index in [-0.39, 0.29) is 24.3 Å². The number of benzene rings is 2. The fourth-order valence-electron chi connectivity index (χ4n) is 3.11. The molecule has 1 atom stereocenters. The number of anilines is 2. The van der Waals surface area contributed by atoms with Crippen LogP contribution in [-0.4, -0.2) is 28.6 Å². The summed E-state index contributed by atoms with van der Waals surface area (Å²) in [5.41, 5.74) is 2.28. The Kier molecular flexibility index (Phi) is 4.83. The summed E-state index contributed by atoms with van der Waals surface area (Å²) in [5.74, 6) is -0.358. The molecule has 0 aliphatic carbocycles. The minimum absolute atomic E-state index is 0.00583. The van der Waals surface area contributed by atoms with E-state index in [1.54, 1.807) is 29.2 Å². The zero-order chi connectivity index (χ0) is 19.7. The van der Waals surface area contributed by atoms with Gasteiger partial charge in [0.15, 0.2) is 0 Å². The van der Waals surface area contributed by atoms with E-state index in [0.717, 1.165) is 11.3 Å². The predicted molar refractivity (Wildman–Crippen MR) is 105 cm³/mol. The van der Waals surface area contributed by atoms with Crippen LogP contribution >= 0.6 is 11.6 Å². The molecule has 1 N–H and O–H groups in total. The van der Waals surface area contributed by atoms with E-state index in [1.165, 1.54) is 0 Å². The van der Waals surface area contributed by atoms with Gasteiger partial charge in [-0.15, -0.1) is 5.10 Å². The highest BCUT2D eigenvalue weighted by molar-refractivity contribution is 6.34. The van der Waals surface area contributed by atoms with E-state index in [4.69, 9.17) is 16.0 Å². The molecule has 0 bridgehead atoms. The second kappa shape index (κ2) is 7.44. The lowest BCUT2D eigenvalue weighted by Gasteiger charge is -2.16. The topological polar surface area (TPSA) is 88.3 Å². The van der Waals surface area contributed by atoms with Crippen LogP contribution in [0.3, 0.4) is 0 Å². The monoisotopic (exact) mass is 396 g/mol. The smallest absolute Gasteiger partial charge is 0.322 e. The van der Waals surface area contributed by atoms with Crippen LogP contribution in [0.5, 0.6) is 0 Å². The van der Waals surface area contributed by atoms with E-state index in [9.17, 15) is 9.59 Å². The van der Waals surface area contributed by atoms with Gasteiger partial charge in [-0.25, -0.2) is 0 Å². The normalized spacial score (nSPS) is 16.4. The van der Waals surface area contributed by atoms with Crippen molar-refractivity contribution in [1.29, 1.82) is 0 Å². The molecule has 4 rings (SSSR count). The summed E-state index contributed by atoms with van der Waals surface area (Å²) < 4.78 is 5.58. The first-order valence-corrected chi connectivity index (χ1v) is 9.15. The highest BCUT2D eigenvalue weighted by Crippen LogP contribution is 2.32.